The van der Waals surface area contributed by atoms with Crippen LogP contribution in [0.2, 0.25) is 0 Å². The van der Waals surface area contributed by atoms with E-state index < -0.39 is 7.25 Å². The van der Waals surface area contributed by atoms with E-state index in [0.717, 1.165) is 52.8 Å². The summed E-state index contributed by atoms with van der Waals surface area (Å²) in [5, 5.41) is 2.22. The predicted molar refractivity (Wildman–Crippen MR) is 127 cm³/mol. The molecule has 1 aromatic heterocycles. The van der Waals surface area contributed by atoms with Crippen LogP contribution in [0.3, 0.4) is 0 Å². The van der Waals surface area contributed by atoms with E-state index in [2.05, 4.69) is 66.5 Å². The molecule has 3 nitrogen and oxygen atoms in total. The fourth-order valence-corrected chi connectivity index (χ4v) is 3.48. The Bertz CT molecular complexity index is 1260. The highest BCUT2D eigenvalue weighted by molar-refractivity contribution is 6.50. The Balaban J connectivity index is 0.000000588. The van der Waals surface area contributed by atoms with Crippen molar-refractivity contribution < 1.29 is 31.4 Å². The zero-order valence-corrected chi connectivity index (χ0v) is 19.0. The second-order valence-electron chi connectivity index (χ2n) is 7.59. The lowest BCUT2D eigenvalue weighted by Crippen LogP contribution is -2.77. The minimum Gasteiger partial charge on any atom is -0.497 e. The van der Waals surface area contributed by atoms with Crippen molar-refractivity contribution in [2.75, 3.05) is 13.7 Å². The zero-order valence-electron chi connectivity index (χ0n) is 19.0. The van der Waals surface area contributed by atoms with E-state index in [1.54, 1.807) is 7.11 Å². The summed E-state index contributed by atoms with van der Waals surface area (Å²) >= 11 is 0. The average Bonchev–Trinajstić information content (AvgIpc) is 2.83. The van der Waals surface area contributed by atoms with Crippen LogP contribution in [-0.4, -0.2) is 20.9 Å². The van der Waals surface area contributed by atoms with E-state index in [1.807, 2.05) is 24.3 Å². The van der Waals surface area contributed by atoms with Gasteiger partial charge in [-0.2, -0.15) is 0 Å². The molecule has 0 unspecified atom stereocenters. The molecule has 4 rings (SSSR count). The number of hydrogen-bond acceptors (Lipinski definition) is 2. The van der Waals surface area contributed by atoms with Crippen molar-refractivity contribution in [2.24, 2.45) is 0 Å². The number of rotatable bonds is 6. The third kappa shape index (κ3) is 7.51. The standard InChI is InChI=1S/C26H25NO2.BF4/c1-3-19-9-14-25-23(17-19)24(27-16-15-20-7-5-4-6-8-20)18-26(29-25)21-10-12-22(28-2)13-11-21;2-1(3,4)5/h4-14,17-18H,3,15-16H2,1-2H3;/q;-1/p+1. The second kappa shape index (κ2) is 11.5. The first-order valence-corrected chi connectivity index (χ1v) is 11.0. The minimum absolute atomic E-state index is 0.836. The molecule has 34 heavy (non-hydrogen) atoms. The Morgan fingerprint density at radius 2 is 1.53 bits per heavy atom. The average molecular weight is 471 g/mol. The number of halogens is 4. The number of nitrogens with one attached hydrogen (secondary N) is 1. The van der Waals surface area contributed by atoms with E-state index >= 15 is 0 Å². The van der Waals surface area contributed by atoms with E-state index in [9.17, 15) is 17.3 Å². The summed E-state index contributed by atoms with van der Waals surface area (Å²) in [5.41, 5.74) is 4.54. The Labute approximate surface area is 195 Å². The van der Waals surface area contributed by atoms with Gasteiger partial charge in [-0.1, -0.05) is 43.3 Å². The van der Waals surface area contributed by atoms with Gasteiger partial charge in [0, 0.05) is 12.0 Å². The van der Waals surface area contributed by atoms with Crippen molar-refractivity contribution in [1.82, 2.24) is 0 Å². The SMILES string of the molecule is CCc1ccc2oc(-c3ccc(OC)cc3)cc(=[NH+]CCc3ccccc3)c2c1.F[B-](F)(F)F. The van der Waals surface area contributed by atoms with Gasteiger partial charge in [0.2, 0.25) is 5.36 Å². The van der Waals surface area contributed by atoms with Gasteiger partial charge < -0.3 is 26.4 Å². The summed E-state index contributed by atoms with van der Waals surface area (Å²) in [5.74, 6) is 1.68. The van der Waals surface area contributed by atoms with Crippen molar-refractivity contribution >= 4 is 18.2 Å². The van der Waals surface area contributed by atoms with E-state index in [4.69, 9.17) is 9.15 Å². The van der Waals surface area contributed by atoms with Gasteiger partial charge in [-0.05, 0) is 53.9 Å². The Morgan fingerprint density at radius 3 is 2.15 bits per heavy atom. The summed E-state index contributed by atoms with van der Waals surface area (Å²) in [6, 6.07) is 27.1. The molecule has 0 saturated heterocycles. The molecule has 0 bridgehead atoms. The number of benzene rings is 3. The van der Waals surface area contributed by atoms with Crippen LogP contribution in [0.4, 0.5) is 17.3 Å². The lowest BCUT2D eigenvalue weighted by atomic mass is 10.1. The van der Waals surface area contributed by atoms with E-state index in [0.29, 0.717) is 0 Å². The Kier molecular flexibility index (Phi) is 8.52. The molecular formula is C26H26BF4NO2. The quantitative estimate of drug-likeness (QED) is 0.310. The molecule has 0 saturated carbocycles. The number of ether oxygens (including phenoxy) is 1. The predicted octanol–water partition coefficient (Wildman–Crippen LogP) is 5.19. The van der Waals surface area contributed by atoms with Gasteiger partial charge in [0.25, 0.3) is 0 Å². The molecule has 178 valence electrons. The molecular weight excluding hydrogens is 445 g/mol. The molecule has 0 spiro atoms. The minimum atomic E-state index is -6.00. The highest BCUT2D eigenvalue weighted by atomic mass is 19.5. The summed E-state index contributed by atoms with van der Waals surface area (Å²) < 4.78 is 50.5. The van der Waals surface area contributed by atoms with E-state index in [-0.39, 0.29) is 0 Å². The highest BCUT2D eigenvalue weighted by Crippen LogP contribution is 2.24. The fourth-order valence-electron chi connectivity index (χ4n) is 3.48. The maximum absolute atomic E-state index is 9.75. The summed E-state index contributed by atoms with van der Waals surface area (Å²) in [7, 11) is -4.32. The van der Waals surface area contributed by atoms with Gasteiger partial charge in [-0.25, -0.2) is 4.99 Å². The van der Waals surface area contributed by atoms with Crippen LogP contribution in [0.5, 0.6) is 5.75 Å². The largest absolute Gasteiger partial charge is 0.673 e. The number of fused-ring (bicyclic) bond motifs is 1. The first-order chi connectivity index (χ1) is 16.3. The van der Waals surface area contributed by atoms with Crippen molar-refractivity contribution in [3.63, 3.8) is 0 Å². The molecule has 8 heteroatoms. The van der Waals surface area contributed by atoms with Gasteiger partial charge in [0.05, 0.1) is 18.6 Å². The van der Waals surface area contributed by atoms with Crippen LogP contribution >= 0.6 is 0 Å². The van der Waals surface area contributed by atoms with Crippen LogP contribution in [0.15, 0.2) is 83.3 Å². The lowest BCUT2D eigenvalue weighted by Gasteiger charge is -2.06. The molecule has 1 heterocycles. The molecule has 0 amide bonds. The Hall–Kier alpha value is -3.55. The molecule has 3 aromatic carbocycles. The van der Waals surface area contributed by atoms with Gasteiger partial charge in [-0.15, -0.1) is 0 Å². The molecule has 0 aliphatic heterocycles. The molecule has 0 fully saturated rings. The van der Waals surface area contributed by atoms with Gasteiger partial charge >= 0.3 is 7.25 Å². The van der Waals surface area contributed by atoms with Crippen LogP contribution in [0.25, 0.3) is 22.3 Å². The van der Waals surface area contributed by atoms with Crippen LogP contribution in [0.1, 0.15) is 18.1 Å². The van der Waals surface area contributed by atoms with Crippen molar-refractivity contribution in [2.45, 2.75) is 19.8 Å². The van der Waals surface area contributed by atoms with E-state index in [1.165, 1.54) is 11.1 Å². The van der Waals surface area contributed by atoms with Crippen LogP contribution in [0, 0.1) is 0 Å². The first kappa shape index (κ1) is 25.1. The molecule has 4 aromatic rings. The fraction of sp³-hybridized carbons (Fsp3) is 0.192. The normalized spacial score (nSPS) is 11.8. The van der Waals surface area contributed by atoms with Crippen molar-refractivity contribution in [3.05, 3.63) is 95.3 Å². The first-order valence-electron chi connectivity index (χ1n) is 11.0. The monoisotopic (exact) mass is 471 g/mol. The zero-order chi connectivity index (χ0) is 24.6. The molecule has 0 aliphatic rings. The lowest BCUT2D eigenvalue weighted by molar-refractivity contribution is -0.498. The number of aryl methyl sites for hydroxylation is 1. The smallest absolute Gasteiger partial charge is 0.497 e. The van der Waals surface area contributed by atoms with Crippen molar-refractivity contribution in [3.8, 4) is 17.1 Å². The topological polar surface area (TPSA) is 36.3 Å². The summed E-state index contributed by atoms with van der Waals surface area (Å²) in [6.07, 6.45) is 1.97. The molecule has 0 atom stereocenters. The van der Waals surface area contributed by atoms with Crippen LogP contribution in [-0.2, 0) is 12.8 Å². The summed E-state index contributed by atoms with van der Waals surface area (Å²) in [4.78, 5) is 3.64. The maximum Gasteiger partial charge on any atom is 0.673 e. The third-order valence-electron chi connectivity index (χ3n) is 5.18. The highest BCUT2D eigenvalue weighted by Gasteiger charge is 2.20. The van der Waals surface area contributed by atoms with Gasteiger partial charge in [0.1, 0.15) is 23.6 Å². The molecule has 0 radical (unpaired) electrons. The van der Waals surface area contributed by atoms with Crippen LogP contribution < -0.4 is 15.1 Å². The van der Waals surface area contributed by atoms with Gasteiger partial charge in [-0.3, -0.25) is 0 Å². The third-order valence-corrected chi connectivity index (χ3v) is 5.18. The Morgan fingerprint density at radius 1 is 0.853 bits per heavy atom. The molecule has 1 N–H and O–H groups in total. The maximum atomic E-state index is 9.75. The molecule has 0 aliphatic carbocycles. The number of methoxy groups -OCH3 is 1. The van der Waals surface area contributed by atoms with Crippen molar-refractivity contribution in [1.29, 1.82) is 0 Å². The number of hydrogen-bond donors (Lipinski definition) is 1. The second-order valence-corrected chi connectivity index (χ2v) is 7.59. The summed E-state index contributed by atoms with van der Waals surface area (Å²) in [6.45, 7) is 3.04. The van der Waals surface area contributed by atoms with Gasteiger partial charge in [0.15, 0.2) is 0 Å².